The minimum absolute atomic E-state index is 0.0663. The summed E-state index contributed by atoms with van der Waals surface area (Å²) in [7, 11) is 0. The van der Waals surface area contributed by atoms with Crippen LogP contribution in [0.15, 0.2) is 42.5 Å². The van der Waals surface area contributed by atoms with Crippen molar-refractivity contribution < 1.29 is 24.0 Å². The van der Waals surface area contributed by atoms with E-state index >= 15 is 0 Å². The minimum Gasteiger partial charge on any atom is -0.454 e. The summed E-state index contributed by atoms with van der Waals surface area (Å²) in [5.41, 5.74) is 0.910. The number of Topliss-reactive ketones (excluding diaryl/α,β-unsaturated/α-hetero) is 1. The maximum atomic E-state index is 12.2. The number of ether oxygens (including phenoxy) is 1. The molecule has 2 rings (SSSR count). The summed E-state index contributed by atoms with van der Waals surface area (Å²) in [4.78, 5) is 45.2. The van der Waals surface area contributed by atoms with Gasteiger partial charge in [-0.1, -0.05) is 35.9 Å². The molecule has 1 N–H and O–H groups in total. The molecule has 0 aliphatic carbocycles. The highest BCUT2D eigenvalue weighted by Crippen LogP contribution is 2.25. The normalized spacial score (nSPS) is 10.3. The van der Waals surface area contributed by atoms with Gasteiger partial charge < -0.3 is 10.1 Å². The van der Waals surface area contributed by atoms with Crippen molar-refractivity contribution in [3.05, 3.63) is 74.3 Å². The summed E-state index contributed by atoms with van der Waals surface area (Å²) in [6.07, 6.45) is 1.52. The largest absolute Gasteiger partial charge is 0.454 e. The molecule has 0 aromatic heterocycles. The number of rotatable bonds is 9. The van der Waals surface area contributed by atoms with Gasteiger partial charge in [0.2, 0.25) is 5.91 Å². The highest BCUT2D eigenvalue weighted by Gasteiger charge is 2.18. The fourth-order valence-electron chi connectivity index (χ4n) is 2.49. The SMILES string of the molecule is CC(=O)NCCCc1ccc(C(=O)COC(=O)c2ccc(Cl)c([N+](=O)[O-])c2)cc1. The molecule has 0 atom stereocenters. The fraction of sp³-hybridized carbons (Fsp3) is 0.250. The molecule has 0 bridgehead atoms. The van der Waals surface area contributed by atoms with Gasteiger partial charge in [0.05, 0.1) is 10.5 Å². The lowest BCUT2D eigenvalue weighted by Gasteiger charge is -2.06. The molecule has 152 valence electrons. The van der Waals surface area contributed by atoms with E-state index in [1.807, 2.05) is 0 Å². The van der Waals surface area contributed by atoms with Gasteiger partial charge >= 0.3 is 5.97 Å². The molecule has 2 aromatic carbocycles. The van der Waals surface area contributed by atoms with Gasteiger partial charge in [0.15, 0.2) is 12.4 Å². The van der Waals surface area contributed by atoms with Crippen LogP contribution in [0.5, 0.6) is 0 Å². The monoisotopic (exact) mass is 418 g/mol. The summed E-state index contributed by atoms with van der Waals surface area (Å²) >= 11 is 5.70. The van der Waals surface area contributed by atoms with Crippen molar-refractivity contribution in [3.8, 4) is 0 Å². The molecule has 9 heteroatoms. The van der Waals surface area contributed by atoms with Crippen LogP contribution in [0.25, 0.3) is 0 Å². The Labute approximate surface area is 172 Å². The van der Waals surface area contributed by atoms with Gasteiger partial charge in [0.25, 0.3) is 5.69 Å². The van der Waals surface area contributed by atoms with E-state index in [9.17, 15) is 24.5 Å². The number of carbonyl (C=O) groups is 3. The van der Waals surface area contributed by atoms with Crippen molar-refractivity contribution in [2.45, 2.75) is 19.8 Å². The Kier molecular flexibility index (Phi) is 7.85. The molecule has 1 amide bonds. The van der Waals surface area contributed by atoms with E-state index < -0.39 is 29.0 Å². The zero-order valence-corrected chi connectivity index (χ0v) is 16.4. The number of aryl methyl sites for hydroxylation is 1. The average molecular weight is 419 g/mol. The molecule has 0 aliphatic heterocycles. The number of halogens is 1. The first-order valence-electron chi connectivity index (χ1n) is 8.75. The molecule has 0 heterocycles. The van der Waals surface area contributed by atoms with Gasteiger partial charge in [-0.25, -0.2) is 4.79 Å². The quantitative estimate of drug-likeness (QED) is 0.219. The van der Waals surface area contributed by atoms with E-state index in [4.69, 9.17) is 16.3 Å². The van der Waals surface area contributed by atoms with Crippen LogP contribution in [0.1, 0.15) is 39.6 Å². The Morgan fingerprint density at radius 3 is 2.38 bits per heavy atom. The van der Waals surface area contributed by atoms with Crippen molar-refractivity contribution in [3.63, 3.8) is 0 Å². The number of hydrogen-bond acceptors (Lipinski definition) is 6. The number of nitrogens with zero attached hydrogens (tertiary/aromatic N) is 1. The standard InChI is InChI=1S/C20H19ClN2O6/c1-13(24)22-10-2-3-14-4-6-15(7-5-14)19(25)12-29-20(26)16-8-9-17(21)18(11-16)23(27)28/h4-9,11H,2-3,10,12H2,1H3,(H,22,24). The summed E-state index contributed by atoms with van der Waals surface area (Å²) in [5.74, 6) is -1.33. The third-order valence-electron chi connectivity index (χ3n) is 4.00. The zero-order chi connectivity index (χ0) is 21.4. The number of nitro groups is 1. The lowest BCUT2D eigenvalue weighted by molar-refractivity contribution is -0.384. The third-order valence-corrected chi connectivity index (χ3v) is 4.32. The van der Waals surface area contributed by atoms with Crippen LogP contribution in [-0.4, -0.2) is 35.7 Å². The average Bonchev–Trinajstić information content (AvgIpc) is 2.69. The molecule has 0 saturated heterocycles. The van der Waals surface area contributed by atoms with Gasteiger partial charge in [0.1, 0.15) is 5.02 Å². The van der Waals surface area contributed by atoms with Crippen molar-refractivity contribution in [2.24, 2.45) is 0 Å². The molecule has 8 nitrogen and oxygen atoms in total. The van der Waals surface area contributed by atoms with Crippen molar-refractivity contribution in [2.75, 3.05) is 13.2 Å². The first-order valence-corrected chi connectivity index (χ1v) is 9.13. The molecule has 0 unspecified atom stereocenters. The number of esters is 1. The smallest absolute Gasteiger partial charge is 0.338 e. The zero-order valence-electron chi connectivity index (χ0n) is 15.6. The summed E-state index contributed by atoms with van der Waals surface area (Å²) in [6.45, 7) is 1.55. The first kappa shape index (κ1) is 22.0. The van der Waals surface area contributed by atoms with E-state index in [1.165, 1.54) is 19.1 Å². The maximum absolute atomic E-state index is 12.2. The highest BCUT2D eigenvalue weighted by atomic mass is 35.5. The van der Waals surface area contributed by atoms with E-state index in [2.05, 4.69) is 5.32 Å². The predicted molar refractivity (Wildman–Crippen MR) is 106 cm³/mol. The summed E-state index contributed by atoms with van der Waals surface area (Å²) in [5, 5.41) is 13.5. The number of nitrogens with one attached hydrogen (secondary N) is 1. The van der Waals surface area contributed by atoms with E-state index in [-0.39, 0.29) is 16.5 Å². The molecular weight excluding hydrogens is 400 g/mol. The van der Waals surface area contributed by atoms with E-state index in [0.29, 0.717) is 12.1 Å². The number of nitro benzene ring substituents is 1. The second-order valence-electron chi connectivity index (χ2n) is 6.21. The van der Waals surface area contributed by atoms with Crippen LogP contribution >= 0.6 is 11.6 Å². The van der Waals surface area contributed by atoms with Gasteiger partial charge in [-0.05, 0) is 30.5 Å². The molecule has 2 aromatic rings. The Bertz CT molecular complexity index is 927. The van der Waals surface area contributed by atoms with Crippen LogP contribution in [0.4, 0.5) is 5.69 Å². The molecule has 0 spiro atoms. The van der Waals surface area contributed by atoms with Crippen molar-refractivity contribution >= 4 is 34.9 Å². The van der Waals surface area contributed by atoms with Crippen LogP contribution in [0, 0.1) is 10.1 Å². The molecule has 0 radical (unpaired) electrons. The number of carbonyl (C=O) groups excluding carboxylic acids is 3. The van der Waals surface area contributed by atoms with E-state index in [1.54, 1.807) is 24.3 Å². The second-order valence-corrected chi connectivity index (χ2v) is 6.61. The Balaban J connectivity index is 1.88. The molecule has 29 heavy (non-hydrogen) atoms. The lowest BCUT2D eigenvalue weighted by atomic mass is 10.1. The number of hydrogen-bond donors (Lipinski definition) is 1. The first-order chi connectivity index (χ1) is 13.8. The summed E-state index contributed by atoms with van der Waals surface area (Å²) < 4.78 is 4.96. The van der Waals surface area contributed by atoms with Crippen molar-refractivity contribution in [1.82, 2.24) is 5.32 Å². The van der Waals surface area contributed by atoms with Gasteiger partial charge in [-0.15, -0.1) is 0 Å². The number of amides is 1. The van der Waals surface area contributed by atoms with Crippen LogP contribution < -0.4 is 5.32 Å². The van der Waals surface area contributed by atoms with Crippen molar-refractivity contribution in [1.29, 1.82) is 0 Å². The number of benzene rings is 2. The fourth-order valence-corrected chi connectivity index (χ4v) is 2.68. The Hall–Kier alpha value is -3.26. The lowest BCUT2D eigenvalue weighted by Crippen LogP contribution is -2.21. The molecule has 0 aliphatic rings. The van der Waals surface area contributed by atoms with Crippen LogP contribution in [-0.2, 0) is 16.0 Å². The van der Waals surface area contributed by atoms with Crippen LogP contribution in [0.2, 0.25) is 5.02 Å². The maximum Gasteiger partial charge on any atom is 0.338 e. The third kappa shape index (κ3) is 6.69. The van der Waals surface area contributed by atoms with E-state index in [0.717, 1.165) is 24.5 Å². The molecule has 0 fully saturated rings. The molecule has 0 saturated carbocycles. The molecular formula is C20H19ClN2O6. The van der Waals surface area contributed by atoms with Gasteiger partial charge in [-0.3, -0.25) is 19.7 Å². The van der Waals surface area contributed by atoms with Gasteiger partial charge in [-0.2, -0.15) is 0 Å². The van der Waals surface area contributed by atoms with Crippen LogP contribution in [0.3, 0.4) is 0 Å². The van der Waals surface area contributed by atoms with Gasteiger partial charge in [0, 0.05) is 25.1 Å². The predicted octanol–water partition coefficient (Wildman–Crippen LogP) is 3.36. The summed E-state index contributed by atoms with van der Waals surface area (Å²) in [6, 6.07) is 10.4. The second kappa shape index (κ2) is 10.3. The Morgan fingerprint density at radius 2 is 1.76 bits per heavy atom. The Morgan fingerprint density at radius 1 is 1.10 bits per heavy atom. The topological polar surface area (TPSA) is 116 Å². The minimum atomic E-state index is -0.854. The number of ketones is 1. The highest BCUT2D eigenvalue weighted by molar-refractivity contribution is 6.32.